The Labute approximate surface area is 190 Å². The molecule has 148 valence electrons. The van der Waals surface area contributed by atoms with E-state index < -0.39 is 0 Å². The number of aromatic nitrogens is 2. The van der Waals surface area contributed by atoms with Crippen LogP contribution in [0.4, 0.5) is 0 Å². The van der Waals surface area contributed by atoms with Gasteiger partial charge in [0.25, 0.3) is 0 Å². The minimum Gasteiger partial charge on any atom is -0.289 e. The van der Waals surface area contributed by atoms with Gasteiger partial charge >= 0.3 is 0 Å². The van der Waals surface area contributed by atoms with Crippen molar-refractivity contribution in [3.8, 4) is 28.8 Å². The number of nitrogens with zero attached hydrogens (tertiary/aromatic N) is 5. The first-order chi connectivity index (χ1) is 15.6. The van der Waals surface area contributed by atoms with Crippen LogP contribution >= 0.6 is 22.7 Å². The first-order valence-corrected chi connectivity index (χ1v) is 10.9. The molecule has 0 fully saturated rings. The van der Waals surface area contributed by atoms with E-state index in [-0.39, 0.29) is 16.9 Å². The lowest BCUT2D eigenvalue weighted by Gasteiger charge is -2.00. The van der Waals surface area contributed by atoms with Crippen molar-refractivity contribution in [2.24, 2.45) is 0 Å². The average molecular weight is 448 g/mol. The van der Waals surface area contributed by atoms with E-state index in [2.05, 4.69) is 16.0 Å². The number of hydrogen-bond donors (Lipinski definition) is 0. The maximum Gasteiger partial charge on any atom is 0.194 e. The van der Waals surface area contributed by atoms with E-state index in [4.69, 9.17) is 5.26 Å². The van der Waals surface area contributed by atoms with Crippen molar-refractivity contribution in [3.05, 3.63) is 81.4 Å². The smallest absolute Gasteiger partial charge is 0.194 e. The van der Waals surface area contributed by atoms with E-state index in [1.807, 2.05) is 24.3 Å². The number of hydrogen-bond acceptors (Lipinski definition) is 8. The summed E-state index contributed by atoms with van der Waals surface area (Å²) < 4.78 is 0. The van der Waals surface area contributed by atoms with Gasteiger partial charge in [0, 0.05) is 22.3 Å². The molecule has 4 aromatic rings. The van der Waals surface area contributed by atoms with E-state index >= 15 is 0 Å². The van der Waals surface area contributed by atoms with Crippen LogP contribution in [0.2, 0.25) is 0 Å². The summed E-state index contributed by atoms with van der Waals surface area (Å²) in [6.45, 7) is 0. The van der Waals surface area contributed by atoms with Gasteiger partial charge in [0.05, 0.1) is 11.6 Å². The Morgan fingerprint density at radius 2 is 1.56 bits per heavy atom. The minimum absolute atomic E-state index is 0.103. The normalized spacial score (nSPS) is 13.6. The molecule has 0 spiro atoms. The molecular weight excluding hydrogens is 438 g/mol. The predicted molar refractivity (Wildman–Crippen MR) is 122 cm³/mol. The standard InChI is InChI=1S/C24H9N5OS2/c25-10-13-5-7-14(8-6-13)22-29-24-23(32-22)28-19(31-24)9-18-20(15(11-26)12-27)16-3-1-2-4-17(16)21(18)30/h1-9H/b18-9-. The van der Waals surface area contributed by atoms with Gasteiger partial charge in [-0.15, -0.1) is 0 Å². The molecule has 0 atom stereocenters. The predicted octanol–water partition coefficient (Wildman–Crippen LogP) is 5.37. The zero-order valence-electron chi connectivity index (χ0n) is 16.2. The van der Waals surface area contributed by atoms with Gasteiger partial charge in [0.1, 0.15) is 27.7 Å². The van der Waals surface area contributed by atoms with E-state index in [0.717, 1.165) is 20.2 Å². The molecule has 0 bridgehead atoms. The topological polar surface area (TPSA) is 114 Å². The minimum atomic E-state index is -0.233. The number of thiazole rings is 2. The molecule has 0 radical (unpaired) electrons. The van der Waals surface area contributed by atoms with Crippen molar-refractivity contribution in [2.45, 2.75) is 0 Å². The first-order valence-electron chi connectivity index (χ1n) is 9.31. The van der Waals surface area contributed by atoms with Crippen molar-refractivity contribution in [3.63, 3.8) is 0 Å². The number of carbonyl (C=O) groups is 1. The molecule has 0 aliphatic heterocycles. The fraction of sp³-hybridized carbons (Fsp3) is 0. The van der Waals surface area contributed by atoms with E-state index in [9.17, 15) is 15.3 Å². The SMILES string of the molecule is N#CC(C#N)=C1/C(=C/c2nc3sc(-c4ccc(C#N)cc4)nc3s2)C(=O)c2ccccc21. The summed E-state index contributed by atoms with van der Waals surface area (Å²) in [4.78, 5) is 23.7. The zero-order chi connectivity index (χ0) is 22.2. The van der Waals surface area contributed by atoms with Gasteiger partial charge < -0.3 is 0 Å². The maximum absolute atomic E-state index is 13.0. The second kappa shape index (κ2) is 7.68. The summed E-state index contributed by atoms with van der Waals surface area (Å²) in [5, 5.41) is 29.2. The van der Waals surface area contributed by atoms with E-state index in [1.165, 1.54) is 22.7 Å². The van der Waals surface area contributed by atoms with Crippen LogP contribution in [0, 0.1) is 34.0 Å². The van der Waals surface area contributed by atoms with Crippen LogP contribution in [0.3, 0.4) is 0 Å². The fourth-order valence-corrected chi connectivity index (χ4v) is 5.50. The Bertz CT molecular complexity index is 1570. The fourth-order valence-electron chi connectivity index (χ4n) is 3.50. The Balaban J connectivity index is 1.58. The maximum atomic E-state index is 13.0. The van der Waals surface area contributed by atoms with Crippen molar-refractivity contribution in [2.75, 3.05) is 0 Å². The van der Waals surface area contributed by atoms with Gasteiger partial charge in [-0.3, -0.25) is 4.79 Å². The third-order valence-electron chi connectivity index (χ3n) is 4.95. The monoisotopic (exact) mass is 447 g/mol. The van der Waals surface area contributed by atoms with Crippen molar-refractivity contribution in [1.29, 1.82) is 15.8 Å². The summed E-state index contributed by atoms with van der Waals surface area (Å²) in [5.74, 6) is -0.233. The number of fused-ring (bicyclic) bond motifs is 2. The molecule has 6 nitrogen and oxygen atoms in total. The molecule has 1 aliphatic carbocycles. The second-order valence-corrected chi connectivity index (χ2v) is 8.76. The summed E-state index contributed by atoms with van der Waals surface area (Å²) in [6, 6.07) is 20.0. The van der Waals surface area contributed by atoms with Crippen molar-refractivity contribution >= 4 is 49.8 Å². The van der Waals surface area contributed by atoms with Gasteiger partial charge in [-0.05, 0) is 23.8 Å². The van der Waals surface area contributed by atoms with Gasteiger partial charge in [0.2, 0.25) is 0 Å². The molecular formula is C24H9N5OS2. The molecule has 2 heterocycles. The number of rotatable bonds is 2. The van der Waals surface area contributed by atoms with Gasteiger partial charge in [0.15, 0.2) is 15.4 Å². The molecule has 5 rings (SSSR count). The van der Waals surface area contributed by atoms with Crippen LogP contribution in [0.15, 0.2) is 59.7 Å². The molecule has 0 N–H and O–H groups in total. The number of carbonyl (C=O) groups excluding carboxylic acids is 1. The molecule has 8 heteroatoms. The quantitative estimate of drug-likeness (QED) is 0.301. The average Bonchev–Trinajstić information content (AvgIpc) is 3.47. The highest BCUT2D eigenvalue weighted by Gasteiger charge is 2.32. The van der Waals surface area contributed by atoms with Crippen LogP contribution in [-0.4, -0.2) is 15.8 Å². The summed E-state index contributed by atoms with van der Waals surface area (Å²) >= 11 is 2.76. The highest BCUT2D eigenvalue weighted by Crippen LogP contribution is 2.41. The lowest BCUT2D eigenvalue weighted by atomic mass is 10.00. The zero-order valence-corrected chi connectivity index (χ0v) is 17.8. The van der Waals surface area contributed by atoms with Crippen LogP contribution in [0.1, 0.15) is 26.5 Å². The largest absolute Gasteiger partial charge is 0.289 e. The number of nitriles is 3. The third-order valence-corrected chi connectivity index (χ3v) is 6.97. The van der Waals surface area contributed by atoms with Crippen molar-refractivity contribution in [1.82, 2.24) is 9.97 Å². The highest BCUT2D eigenvalue weighted by molar-refractivity contribution is 7.28. The van der Waals surface area contributed by atoms with Crippen molar-refractivity contribution < 1.29 is 4.79 Å². The molecule has 0 amide bonds. The number of ketones is 1. The number of Topliss-reactive ketones (excluding diaryl/α,β-unsaturated/α-hetero) is 1. The summed E-state index contributed by atoms with van der Waals surface area (Å²) in [5.41, 5.74) is 3.07. The third kappa shape index (κ3) is 3.10. The Morgan fingerprint density at radius 3 is 2.22 bits per heavy atom. The highest BCUT2D eigenvalue weighted by atomic mass is 32.1. The molecule has 0 unspecified atom stereocenters. The van der Waals surface area contributed by atoms with Crippen LogP contribution in [0.25, 0.3) is 31.9 Å². The molecule has 2 aromatic carbocycles. The molecule has 0 saturated heterocycles. The molecule has 32 heavy (non-hydrogen) atoms. The molecule has 1 aliphatic rings. The van der Waals surface area contributed by atoms with E-state index in [1.54, 1.807) is 42.5 Å². The first kappa shape index (κ1) is 19.5. The van der Waals surface area contributed by atoms with Crippen LogP contribution in [-0.2, 0) is 0 Å². The Kier molecular flexibility index (Phi) is 4.69. The summed E-state index contributed by atoms with van der Waals surface area (Å²) in [7, 11) is 0. The lowest BCUT2D eigenvalue weighted by Crippen LogP contribution is -1.95. The number of benzene rings is 2. The lowest BCUT2D eigenvalue weighted by molar-refractivity contribution is 0.104. The molecule has 2 aromatic heterocycles. The second-order valence-electron chi connectivity index (χ2n) is 6.78. The van der Waals surface area contributed by atoms with Crippen LogP contribution < -0.4 is 0 Å². The van der Waals surface area contributed by atoms with Gasteiger partial charge in [-0.25, -0.2) is 9.97 Å². The van der Waals surface area contributed by atoms with E-state index in [0.29, 0.717) is 27.3 Å². The summed E-state index contributed by atoms with van der Waals surface area (Å²) in [6.07, 6.45) is 1.63. The van der Waals surface area contributed by atoms with Crippen LogP contribution in [0.5, 0.6) is 0 Å². The Hall–Kier alpha value is -4.42. The van der Waals surface area contributed by atoms with Gasteiger partial charge in [-0.1, -0.05) is 59.1 Å². The Morgan fingerprint density at radius 1 is 0.875 bits per heavy atom. The molecule has 0 saturated carbocycles. The van der Waals surface area contributed by atoms with Gasteiger partial charge in [-0.2, -0.15) is 15.8 Å². The number of allylic oxidation sites excluding steroid dienone is 3.